The van der Waals surface area contributed by atoms with Crippen LogP contribution in [-0.2, 0) is 14.6 Å². The third kappa shape index (κ3) is 5.04. The molecule has 0 spiro atoms. The van der Waals surface area contributed by atoms with E-state index in [1.165, 1.54) is 25.3 Å². The number of rotatable bonds is 7. The molecule has 1 aromatic heterocycles. The van der Waals surface area contributed by atoms with E-state index in [1.807, 2.05) is 0 Å². The minimum atomic E-state index is -3.27. The number of carbonyl (C=O) groups is 1. The summed E-state index contributed by atoms with van der Waals surface area (Å²) in [4.78, 5) is 21.6. The molecule has 1 atom stereocenters. The molecule has 0 bridgehead atoms. The van der Waals surface area contributed by atoms with E-state index in [1.54, 1.807) is 36.5 Å². The number of nitrogens with zero attached hydrogens (tertiary/aromatic N) is 2. The van der Waals surface area contributed by atoms with Crippen molar-refractivity contribution in [1.82, 2.24) is 9.97 Å². The number of amides is 1. The molecule has 1 heterocycles. The van der Waals surface area contributed by atoms with Crippen LogP contribution >= 0.6 is 0 Å². The lowest BCUT2D eigenvalue weighted by Gasteiger charge is -2.20. The Balaban J connectivity index is 1.82. The Morgan fingerprint density at radius 2 is 1.89 bits per heavy atom. The van der Waals surface area contributed by atoms with Gasteiger partial charge < -0.3 is 5.32 Å². The van der Waals surface area contributed by atoms with Gasteiger partial charge in [0.1, 0.15) is 0 Å². The third-order valence-electron chi connectivity index (χ3n) is 5.20. The quantitative estimate of drug-likeness (QED) is 0.764. The Bertz CT molecular complexity index is 932. The lowest BCUT2D eigenvalue weighted by atomic mass is 9.87. The van der Waals surface area contributed by atoms with Crippen LogP contribution in [0.25, 0.3) is 6.08 Å². The molecule has 1 N–H and O–H groups in total. The Kier molecular flexibility index (Phi) is 6.24. The van der Waals surface area contributed by atoms with Crippen LogP contribution in [0.2, 0.25) is 0 Å². The molecule has 1 saturated carbocycles. The highest BCUT2D eigenvalue weighted by molar-refractivity contribution is 7.90. The molecule has 7 heteroatoms. The zero-order valence-corrected chi connectivity index (χ0v) is 16.8. The van der Waals surface area contributed by atoms with Crippen LogP contribution in [0, 0.1) is 5.92 Å². The van der Waals surface area contributed by atoms with Crippen molar-refractivity contribution in [2.24, 2.45) is 5.92 Å². The second-order valence-electron chi connectivity index (χ2n) is 7.30. The Morgan fingerprint density at radius 3 is 2.43 bits per heavy atom. The Labute approximate surface area is 166 Å². The number of nitrogens with one attached hydrogen (secondary N) is 1. The molecule has 148 valence electrons. The van der Waals surface area contributed by atoms with Crippen molar-refractivity contribution < 1.29 is 13.2 Å². The second-order valence-corrected chi connectivity index (χ2v) is 9.32. The molecular weight excluding hydrogens is 374 g/mol. The van der Waals surface area contributed by atoms with Crippen molar-refractivity contribution in [2.75, 3.05) is 11.6 Å². The van der Waals surface area contributed by atoms with Crippen LogP contribution in [0.15, 0.2) is 48.1 Å². The first kappa shape index (κ1) is 20.2. The van der Waals surface area contributed by atoms with Crippen molar-refractivity contribution in [3.8, 4) is 0 Å². The molecule has 1 amide bonds. The highest BCUT2D eigenvalue weighted by Crippen LogP contribution is 2.35. The topological polar surface area (TPSA) is 89.0 Å². The van der Waals surface area contributed by atoms with Gasteiger partial charge >= 0.3 is 0 Å². The number of hydrogen-bond donors (Lipinski definition) is 1. The molecule has 0 aliphatic heterocycles. The molecule has 0 radical (unpaired) electrons. The molecule has 6 nitrogen and oxygen atoms in total. The standard InChI is InChI=1S/C21H25N3O3S/c1-3-17-13-23-20(14-22-17)24-21(25)19(12-15-6-4-5-7-15)16-8-10-18(11-9-16)28(2,26)27/h3,8-11,13-15,19H,1,4-7,12H2,2H3,(H,23,24,25)/t19-/m1/s1. The number of hydrogen-bond acceptors (Lipinski definition) is 5. The first-order chi connectivity index (χ1) is 13.4. The normalized spacial score (nSPS) is 15.9. The summed E-state index contributed by atoms with van der Waals surface area (Å²) in [6.45, 7) is 3.64. The first-order valence-electron chi connectivity index (χ1n) is 9.42. The summed E-state index contributed by atoms with van der Waals surface area (Å²) in [6, 6.07) is 6.61. The van der Waals surface area contributed by atoms with Crippen LogP contribution in [0.5, 0.6) is 0 Å². The predicted octanol–water partition coefficient (Wildman–Crippen LogP) is 3.83. The van der Waals surface area contributed by atoms with Crippen LogP contribution in [0.4, 0.5) is 5.82 Å². The van der Waals surface area contributed by atoms with Gasteiger partial charge in [-0.2, -0.15) is 0 Å². The smallest absolute Gasteiger partial charge is 0.233 e. The van der Waals surface area contributed by atoms with Crippen LogP contribution in [0.1, 0.15) is 49.3 Å². The summed E-state index contributed by atoms with van der Waals surface area (Å²) in [5.74, 6) is 0.372. The average Bonchev–Trinajstić information content (AvgIpc) is 3.19. The van der Waals surface area contributed by atoms with Crippen LogP contribution in [0.3, 0.4) is 0 Å². The predicted molar refractivity (Wildman–Crippen MR) is 110 cm³/mol. The number of sulfone groups is 1. The summed E-state index contributed by atoms with van der Waals surface area (Å²) in [6.07, 6.45) is 11.2. The monoisotopic (exact) mass is 399 g/mol. The lowest BCUT2D eigenvalue weighted by molar-refractivity contribution is -0.118. The minimum Gasteiger partial charge on any atom is -0.309 e. The largest absolute Gasteiger partial charge is 0.309 e. The van der Waals surface area contributed by atoms with Gasteiger partial charge in [0.15, 0.2) is 15.7 Å². The maximum atomic E-state index is 13.0. The van der Waals surface area contributed by atoms with Crippen molar-refractivity contribution in [3.05, 3.63) is 54.5 Å². The summed E-state index contributed by atoms with van der Waals surface area (Å²) in [7, 11) is -3.27. The molecule has 1 fully saturated rings. The van der Waals surface area contributed by atoms with Gasteiger partial charge in [-0.1, -0.05) is 44.4 Å². The molecule has 0 saturated heterocycles. The highest BCUT2D eigenvalue weighted by atomic mass is 32.2. The van der Waals surface area contributed by atoms with Crippen LogP contribution < -0.4 is 5.32 Å². The van der Waals surface area contributed by atoms with E-state index in [9.17, 15) is 13.2 Å². The molecule has 3 rings (SSSR count). The van der Waals surface area contributed by atoms with Crippen LogP contribution in [-0.4, -0.2) is 30.5 Å². The fraction of sp³-hybridized carbons (Fsp3) is 0.381. The number of benzene rings is 1. The van der Waals surface area contributed by atoms with Gasteiger partial charge in [0.2, 0.25) is 5.91 Å². The van der Waals surface area contributed by atoms with Gasteiger partial charge in [-0.05, 0) is 36.1 Å². The minimum absolute atomic E-state index is 0.153. The van der Waals surface area contributed by atoms with Gasteiger partial charge in [0.05, 0.1) is 28.9 Å². The number of carbonyl (C=O) groups excluding carboxylic acids is 1. The van der Waals surface area contributed by atoms with E-state index in [4.69, 9.17) is 0 Å². The van der Waals surface area contributed by atoms with Crippen molar-refractivity contribution in [1.29, 1.82) is 0 Å². The van der Waals surface area contributed by atoms with E-state index in [2.05, 4.69) is 21.9 Å². The fourth-order valence-electron chi connectivity index (χ4n) is 3.64. The fourth-order valence-corrected chi connectivity index (χ4v) is 4.27. The Hall–Kier alpha value is -2.54. The van der Waals surface area contributed by atoms with Gasteiger partial charge in [-0.3, -0.25) is 9.78 Å². The van der Waals surface area contributed by atoms with Gasteiger partial charge in [-0.25, -0.2) is 13.4 Å². The van der Waals surface area contributed by atoms with Crippen molar-refractivity contribution in [2.45, 2.75) is 42.9 Å². The number of aromatic nitrogens is 2. The zero-order valence-electron chi connectivity index (χ0n) is 16.0. The van der Waals surface area contributed by atoms with E-state index in [-0.39, 0.29) is 16.7 Å². The summed E-state index contributed by atoms with van der Waals surface area (Å²) in [5, 5.41) is 2.85. The third-order valence-corrected chi connectivity index (χ3v) is 6.33. The number of anilines is 1. The molecule has 1 aromatic carbocycles. The SMILES string of the molecule is C=Cc1cnc(NC(=O)[C@H](CC2CCCC2)c2ccc(S(C)(=O)=O)cc2)cn1. The Morgan fingerprint density at radius 1 is 1.21 bits per heavy atom. The van der Waals surface area contributed by atoms with Crippen molar-refractivity contribution in [3.63, 3.8) is 0 Å². The van der Waals surface area contributed by atoms with Crippen molar-refractivity contribution >= 4 is 27.6 Å². The lowest BCUT2D eigenvalue weighted by Crippen LogP contribution is -2.23. The zero-order chi connectivity index (χ0) is 20.1. The average molecular weight is 400 g/mol. The maximum Gasteiger partial charge on any atom is 0.233 e. The molecule has 1 aliphatic rings. The summed E-state index contributed by atoms with van der Waals surface area (Å²) >= 11 is 0. The highest BCUT2D eigenvalue weighted by Gasteiger charge is 2.27. The summed E-state index contributed by atoms with van der Waals surface area (Å²) < 4.78 is 23.4. The molecule has 1 aliphatic carbocycles. The first-order valence-corrected chi connectivity index (χ1v) is 11.3. The van der Waals surface area contributed by atoms with Gasteiger partial charge in [0, 0.05) is 6.26 Å². The molecular formula is C21H25N3O3S. The van der Waals surface area contributed by atoms with E-state index < -0.39 is 9.84 Å². The second kappa shape index (κ2) is 8.65. The maximum absolute atomic E-state index is 13.0. The van der Waals surface area contributed by atoms with E-state index in [0.29, 0.717) is 17.4 Å². The summed E-state index contributed by atoms with van der Waals surface area (Å²) in [5.41, 5.74) is 1.45. The van der Waals surface area contributed by atoms with Gasteiger partial charge in [0.25, 0.3) is 0 Å². The molecule has 2 aromatic rings. The van der Waals surface area contributed by atoms with Gasteiger partial charge in [-0.15, -0.1) is 0 Å². The molecule has 0 unspecified atom stereocenters. The van der Waals surface area contributed by atoms with E-state index >= 15 is 0 Å². The van der Waals surface area contributed by atoms with E-state index in [0.717, 1.165) is 24.8 Å². The molecule has 28 heavy (non-hydrogen) atoms.